The second kappa shape index (κ2) is 5.16. The molecule has 1 saturated carbocycles. The van der Waals surface area contributed by atoms with Crippen molar-refractivity contribution in [2.75, 3.05) is 13.6 Å². The molecule has 0 heterocycles. The van der Waals surface area contributed by atoms with Crippen LogP contribution in [0.15, 0.2) is 29.2 Å². The third-order valence-electron chi connectivity index (χ3n) is 2.89. The molecule has 1 fully saturated rings. The zero-order valence-electron chi connectivity index (χ0n) is 9.94. The van der Waals surface area contributed by atoms with Gasteiger partial charge in [-0.1, -0.05) is 18.2 Å². The summed E-state index contributed by atoms with van der Waals surface area (Å²) in [5.74, 6) is 0.543. The first-order valence-corrected chi connectivity index (χ1v) is 7.34. The highest BCUT2D eigenvalue weighted by atomic mass is 32.2. The molecule has 17 heavy (non-hydrogen) atoms. The molecule has 1 aromatic rings. The molecule has 2 N–H and O–H groups in total. The van der Waals surface area contributed by atoms with Gasteiger partial charge in [-0.05, 0) is 37.4 Å². The summed E-state index contributed by atoms with van der Waals surface area (Å²) in [6.07, 6.45) is 2.28. The van der Waals surface area contributed by atoms with Crippen LogP contribution in [0.1, 0.15) is 18.4 Å². The van der Waals surface area contributed by atoms with Crippen LogP contribution in [-0.4, -0.2) is 22.0 Å². The van der Waals surface area contributed by atoms with E-state index in [1.807, 2.05) is 12.1 Å². The highest BCUT2D eigenvalue weighted by Gasteiger charge is 2.25. The molecule has 0 aliphatic heterocycles. The fourth-order valence-electron chi connectivity index (χ4n) is 1.73. The Kier molecular flexibility index (Phi) is 3.81. The van der Waals surface area contributed by atoms with Crippen LogP contribution in [0.3, 0.4) is 0 Å². The number of rotatable bonds is 6. The van der Waals surface area contributed by atoms with E-state index in [4.69, 9.17) is 0 Å². The molecule has 0 saturated heterocycles. The van der Waals surface area contributed by atoms with Crippen molar-refractivity contribution in [1.29, 1.82) is 0 Å². The second-order valence-corrected chi connectivity index (χ2v) is 6.17. The van der Waals surface area contributed by atoms with Crippen LogP contribution in [-0.2, 0) is 16.6 Å². The van der Waals surface area contributed by atoms with Gasteiger partial charge in [0.2, 0.25) is 10.0 Å². The summed E-state index contributed by atoms with van der Waals surface area (Å²) < 4.78 is 26.9. The molecule has 0 atom stereocenters. The van der Waals surface area contributed by atoms with Crippen molar-refractivity contribution in [3.05, 3.63) is 29.8 Å². The largest absolute Gasteiger partial charge is 0.316 e. The van der Waals surface area contributed by atoms with Gasteiger partial charge in [-0.25, -0.2) is 13.1 Å². The number of hydrogen-bond acceptors (Lipinski definition) is 3. The summed E-state index contributed by atoms with van der Waals surface area (Å²) in [7, 11) is -1.55. The number of sulfonamides is 1. The minimum Gasteiger partial charge on any atom is -0.316 e. The van der Waals surface area contributed by atoms with Gasteiger partial charge in [0, 0.05) is 13.1 Å². The van der Waals surface area contributed by atoms with Crippen molar-refractivity contribution in [3.8, 4) is 0 Å². The zero-order valence-corrected chi connectivity index (χ0v) is 10.8. The lowest BCUT2D eigenvalue weighted by molar-refractivity contribution is 0.575. The van der Waals surface area contributed by atoms with Crippen molar-refractivity contribution in [1.82, 2.24) is 10.0 Å². The van der Waals surface area contributed by atoms with E-state index in [1.54, 1.807) is 19.2 Å². The molecule has 0 amide bonds. The van der Waals surface area contributed by atoms with E-state index in [2.05, 4.69) is 10.0 Å². The van der Waals surface area contributed by atoms with E-state index in [0.717, 1.165) is 18.4 Å². The number of hydrogen-bond donors (Lipinski definition) is 2. The quantitative estimate of drug-likeness (QED) is 0.799. The Morgan fingerprint density at radius 1 is 1.29 bits per heavy atom. The smallest absolute Gasteiger partial charge is 0.240 e. The molecule has 1 aliphatic carbocycles. The summed E-state index contributed by atoms with van der Waals surface area (Å²) >= 11 is 0. The normalized spacial score (nSPS) is 16.1. The fourth-order valence-corrected chi connectivity index (χ4v) is 3.08. The predicted molar refractivity (Wildman–Crippen MR) is 67.1 cm³/mol. The molecule has 2 rings (SSSR count). The van der Waals surface area contributed by atoms with Crippen molar-refractivity contribution in [3.63, 3.8) is 0 Å². The third-order valence-corrected chi connectivity index (χ3v) is 4.41. The Balaban J connectivity index is 2.18. The topological polar surface area (TPSA) is 58.2 Å². The molecule has 4 nitrogen and oxygen atoms in total. The number of benzene rings is 1. The lowest BCUT2D eigenvalue weighted by atomic mass is 10.2. The van der Waals surface area contributed by atoms with Gasteiger partial charge in [0.15, 0.2) is 0 Å². The van der Waals surface area contributed by atoms with Crippen LogP contribution in [0.25, 0.3) is 0 Å². The molecule has 0 bridgehead atoms. The van der Waals surface area contributed by atoms with Crippen molar-refractivity contribution >= 4 is 10.0 Å². The summed E-state index contributed by atoms with van der Waals surface area (Å²) in [6, 6.07) is 7.10. The Morgan fingerprint density at radius 2 is 2.00 bits per heavy atom. The van der Waals surface area contributed by atoms with E-state index in [-0.39, 0.29) is 0 Å². The predicted octanol–water partition coefficient (Wildman–Crippen LogP) is 1.09. The summed E-state index contributed by atoms with van der Waals surface area (Å²) in [5.41, 5.74) is 0.804. The first-order chi connectivity index (χ1) is 8.13. The van der Waals surface area contributed by atoms with E-state index in [1.165, 1.54) is 0 Å². The first kappa shape index (κ1) is 12.5. The minimum atomic E-state index is -3.36. The van der Waals surface area contributed by atoms with Crippen LogP contribution < -0.4 is 10.0 Å². The first-order valence-electron chi connectivity index (χ1n) is 5.85. The van der Waals surface area contributed by atoms with Crippen LogP contribution >= 0.6 is 0 Å². The molecule has 1 aliphatic rings. The molecule has 5 heteroatoms. The maximum Gasteiger partial charge on any atom is 0.240 e. The second-order valence-electron chi connectivity index (χ2n) is 4.43. The van der Waals surface area contributed by atoms with Crippen molar-refractivity contribution in [2.45, 2.75) is 24.3 Å². The maximum atomic E-state index is 12.1. The standard InChI is InChI=1S/C12H18N2O2S/c1-13-9-11-4-2-3-5-12(11)17(15,16)14-8-10-6-7-10/h2-5,10,13-14H,6-9H2,1H3. The van der Waals surface area contributed by atoms with Crippen LogP contribution in [0.2, 0.25) is 0 Å². The molecule has 94 valence electrons. The number of nitrogens with one attached hydrogen (secondary N) is 2. The third kappa shape index (κ3) is 3.28. The maximum absolute atomic E-state index is 12.1. The zero-order chi connectivity index (χ0) is 12.3. The lowest BCUT2D eigenvalue weighted by Crippen LogP contribution is -2.27. The fraction of sp³-hybridized carbons (Fsp3) is 0.500. The Morgan fingerprint density at radius 3 is 2.65 bits per heavy atom. The molecular formula is C12H18N2O2S. The highest BCUT2D eigenvalue weighted by Crippen LogP contribution is 2.28. The van der Waals surface area contributed by atoms with E-state index < -0.39 is 10.0 Å². The molecule has 1 aromatic carbocycles. The molecule has 0 spiro atoms. The van der Waals surface area contributed by atoms with Gasteiger partial charge in [-0.3, -0.25) is 0 Å². The molecule has 0 unspecified atom stereocenters. The Labute approximate surface area is 102 Å². The summed E-state index contributed by atoms with van der Waals surface area (Å²) in [5, 5.41) is 2.98. The molecular weight excluding hydrogens is 236 g/mol. The summed E-state index contributed by atoms with van der Waals surface area (Å²) in [4.78, 5) is 0.384. The van der Waals surface area contributed by atoms with Gasteiger partial charge in [-0.15, -0.1) is 0 Å². The Hall–Kier alpha value is -0.910. The van der Waals surface area contributed by atoms with E-state index >= 15 is 0 Å². The van der Waals surface area contributed by atoms with Crippen LogP contribution in [0, 0.1) is 5.92 Å². The van der Waals surface area contributed by atoms with Crippen LogP contribution in [0.4, 0.5) is 0 Å². The van der Waals surface area contributed by atoms with Gasteiger partial charge >= 0.3 is 0 Å². The van der Waals surface area contributed by atoms with E-state index in [9.17, 15) is 8.42 Å². The van der Waals surface area contributed by atoms with E-state index in [0.29, 0.717) is 23.9 Å². The SMILES string of the molecule is CNCc1ccccc1S(=O)(=O)NCC1CC1. The van der Waals surface area contributed by atoms with Gasteiger partial charge in [0.1, 0.15) is 0 Å². The summed E-state index contributed by atoms with van der Waals surface area (Å²) in [6.45, 7) is 1.12. The lowest BCUT2D eigenvalue weighted by Gasteiger charge is -2.10. The Bertz CT molecular complexity index is 481. The van der Waals surface area contributed by atoms with Gasteiger partial charge in [-0.2, -0.15) is 0 Å². The molecule has 0 aromatic heterocycles. The minimum absolute atomic E-state index is 0.384. The average Bonchev–Trinajstić information content (AvgIpc) is 3.11. The van der Waals surface area contributed by atoms with Crippen molar-refractivity contribution < 1.29 is 8.42 Å². The van der Waals surface area contributed by atoms with Gasteiger partial charge < -0.3 is 5.32 Å². The molecule has 0 radical (unpaired) electrons. The average molecular weight is 254 g/mol. The van der Waals surface area contributed by atoms with Crippen molar-refractivity contribution in [2.24, 2.45) is 5.92 Å². The highest BCUT2D eigenvalue weighted by molar-refractivity contribution is 7.89. The van der Waals surface area contributed by atoms with Crippen LogP contribution in [0.5, 0.6) is 0 Å². The van der Waals surface area contributed by atoms with Gasteiger partial charge in [0.05, 0.1) is 4.90 Å². The monoisotopic (exact) mass is 254 g/mol. The van der Waals surface area contributed by atoms with Gasteiger partial charge in [0.25, 0.3) is 0 Å².